The summed E-state index contributed by atoms with van der Waals surface area (Å²) < 4.78 is 29.2. The molecule has 16 heavy (non-hydrogen) atoms. The summed E-state index contributed by atoms with van der Waals surface area (Å²) in [4.78, 5) is 12.9. The van der Waals surface area contributed by atoms with Crippen molar-refractivity contribution in [2.24, 2.45) is 0 Å². The van der Waals surface area contributed by atoms with Crippen molar-refractivity contribution >= 4 is 5.69 Å². The predicted octanol–water partition coefficient (Wildman–Crippen LogP) is 1.81. The standard InChI is InChI=1S/C8H5F2N3O3/c1-16-7-5(3-11)12-4(8(9)10)2-6(7)13(14)15/h2,8H,1H3. The van der Waals surface area contributed by atoms with Gasteiger partial charge in [-0.1, -0.05) is 0 Å². The third kappa shape index (κ3) is 2.03. The molecule has 0 N–H and O–H groups in total. The first-order valence-electron chi connectivity index (χ1n) is 3.92. The van der Waals surface area contributed by atoms with Crippen molar-refractivity contribution in [2.75, 3.05) is 7.11 Å². The molecule has 0 unspecified atom stereocenters. The molecule has 84 valence electrons. The van der Waals surface area contributed by atoms with E-state index >= 15 is 0 Å². The number of nitriles is 1. The number of nitro groups is 1. The molecule has 0 fully saturated rings. The summed E-state index contributed by atoms with van der Waals surface area (Å²) in [7, 11) is 1.09. The van der Waals surface area contributed by atoms with E-state index < -0.39 is 34.2 Å². The highest BCUT2D eigenvalue weighted by Gasteiger charge is 2.25. The van der Waals surface area contributed by atoms with E-state index in [9.17, 15) is 18.9 Å². The Kier molecular flexibility index (Phi) is 3.30. The Balaban J connectivity index is 3.51. The van der Waals surface area contributed by atoms with Gasteiger partial charge in [0.05, 0.1) is 12.0 Å². The molecule has 8 heteroatoms. The van der Waals surface area contributed by atoms with Gasteiger partial charge in [-0.15, -0.1) is 0 Å². The molecule has 0 atom stereocenters. The van der Waals surface area contributed by atoms with E-state index in [1.165, 1.54) is 6.07 Å². The smallest absolute Gasteiger partial charge is 0.316 e. The summed E-state index contributed by atoms with van der Waals surface area (Å²) in [6.45, 7) is 0. The first-order chi connectivity index (χ1) is 7.51. The molecule has 0 aliphatic carbocycles. The number of methoxy groups -OCH3 is 1. The summed E-state index contributed by atoms with van der Waals surface area (Å²) >= 11 is 0. The van der Waals surface area contributed by atoms with Crippen LogP contribution in [0.2, 0.25) is 0 Å². The number of nitrogens with zero attached hydrogens (tertiary/aromatic N) is 3. The van der Waals surface area contributed by atoms with Crippen molar-refractivity contribution < 1.29 is 18.4 Å². The van der Waals surface area contributed by atoms with Crippen molar-refractivity contribution in [3.63, 3.8) is 0 Å². The molecule has 6 nitrogen and oxygen atoms in total. The molecule has 0 spiro atoms. The molecule has 0 amide bonds. The normalized spacial score (nSPS) is 9.94. The summed E-state index contributed by atoms with van der Waals surface area (Å²) in [5.74, 6) is -0.420. The molecule has 1 rings (SSSR count). The molecule has 0 aromatic carbocycles. The minimum atomic E-state index is -2.99. The van der Waals surface area contributed by atoms with Gasteiger partial charge in [0.1, 0.15) is 11.8 Å². The first kappa shape index (κ1) is 11.8. The van der Waals surface area contributed by atoms with Gasteiger partial charge in [0.15, 0.2) is 5.69 Å². The Morgan fingerprint density at radius 3 is 2.69 bits per heavy atom. The maximum atomic E-state index is 12.3. The average Bonchev–Trinajstić information content (AvgIpc) is 2.26. The van der Waals surface area contributed by atoms with Gasteiger partial charge in [-0.25, -0.2) is 13.8 Å². The number of pyridine rings is 1. The van der Waals surface area contributed by atoms with Crippen LogP contribution in [0.3, 0.4) is 0 Å². The Bertz CT molecular complexity index is 470. The van der Waals surface area contributed by atoms with Crippen LogP contribution >= 0.6 is 0 Å². The van der Waals surface area contributed by atoms with Crippen molar-refractivity contribution in [1.82, 2.24) is 4.98 Å². The average molecular weight is 229 g/mol. The highest BCUT2D eigenvalue weighted by Crippen LogP contribution is 2.32. The summed E-state index contributed by atoms with van der Waals surface area (Å²) in [6, 6.07) is 2.05. The van der Waals surface area contributed by atoms with Crippen LogP contribution in [0.5, 0.6) is 5.75 Å². The van der Waals surface area contributed by atoms with Gasteiger partial charge in [-0.3, -0.25) is 10.1 Å². The van der Waals surface area contributed by atoms with Gasteiger partial charge in [-0.2, -0.15) is 5.26 Å². The fourth-order valence-electron chi connectivity index (χ4n) is 1.06. The van der Waals surface area contributed by atoms with E-state index in [-0.39, 0.29) is 0 Å². The van der Waals surface area contributed by atoms with E-state index in [0.717, 1.165) is 7.11 Å². The number of aromatic nitrogens is 1. The molecule has 0 aliphatic heterocycles. The molecular weight excluding hydrogens is 224 g/mol. The van der Waals surface area contributed by atoms with Crippen LogP contribution in [0, 0.1) is 21.4 Å². The lowest BCUT2D eigenvalue weighted by Crippen LogP contribution is -2.02. The van der Waals surface area contributed by atoms with Crippen molar-refractivity contribution in [1.29, 1.82) is 5.26 Å². The Morgan fingerprint density at radius 1 is 1.69 bits per heavy atom. The Morgan fingerprint density at radius 2 is 2.31 bits per heavy atom. The number of hydrogen-bond acceptors (Lipinski definition) is 5. The molecule has 1 aromatic heterocycles. The molecule has 0 saturated heterocycles. The first-order valence-corrected chi connectivity index (χ1v) is 3.92. The maximum absolute atomic E-state index is 12.3. The monoisotopic (exact) mass is 229 g/mol. The fourth-order valence-corrected chi connectivity index (χ4v) is 1.06. The molecule has 1 aromatic rings. The molecule has 1 heterocycles. The second-order valence-electron chi connectivity index (χ2n) is 2.62. The third-order valence-electron chi connectivity index (χ3n) is 1.70. The number of alkyl halides is 2. The van der Waals surface area contributed by atoms with Crippen molar-refractivity contribution in [3.8, 4) is 11.8 Å². The summed E-state index contributed by atoms with van der Waals surface area (Å²) in [6.07, 6.45) is -2.99. The van der Waals surface area contributed by atoms with E-state index in [4.69, 9.17) is 5.26 Å². The van der Waals surface area contributed by atoms with E-state index in [2.05, 4.69) is 9.72 Å². The number of halogens is 2. The van der Waals surface area contributed by atoms with E-state index in [1.807, 2.05) is 0 Å². The van der Waals surface area contributed by atoms with Crippen LogP contribution in [-0.2, 0) is 0 Å². The van der Waals surface area contributed by atoms with Crippen molar-refractivity contribution in [3.05, 3.63) is 27.6 Å². The lowest BCUT2D eigenvalue weighted by atomic mass is 10.2. The Labute approximate surface area is 88.2 Å². The SMILES string of the molecule is COc1c([N+](=O)[O-])cc(C(F)F)nc1C#N. The zero-order valence-electron chi connectivity index (χ0n) is 7.98. The Hall–Kier alpha value is -2.30. The number of hydrogen-bond donors (Lipinski definition) is 0. The summed E-state index contributed by atoms with van der Waals surface area (Å²) in [5.41, 5.74) is -2.07. The zero-order chi connectivity index (χ0) is 12.3. The second-order valence-corrected chi connectivity index (χ2v) is 2.62. The quantitative estimate of drug-likeness (QED) is 0.582. The zero-order valence-corrected chi connectivity index (χ0v) is 7.98. The molecule has 0 radical (unpaired) electrons. The molecule has 0 aliphatic rings. The molecule has 0 bridgehead atoms. The van der Waals surface area contributed by atoms with Gasteiger partial charge < -0.3 is 4.74 Å². The minimum absolute atomic E-state index is 0.420. The maximum Gasteiger partial charge on any atom is 0.316 e. The second kappa shape index (κ2) is 4.48. The van der Waals surface area contributed by atoms with Crippen LogP contribution in [0.25, 0.3) is 0 Å². The molecule has 0 saturated carbocycles. The van der Waals surface area contributed by atoms with Gasteiger partial charge >= 0.3 is 5.69 Å². The van der Waals surface area contributed by atoms with Crippen LogP contribution < -0.4 is 4.74 Å². The highest BCUT2D eigenvalue weighted by atomic mass is 19.3. The van der Waals surface area contributed by atoms with Crippen molar-refractivity contribution in [2.45, 2.75) is 6.43 Å². The number of rotatable bonds is 3. The van der Waals surface area contributed by atoms with Gasteiger partial charge in [0.2, 0.25) is 5.75 Å². The lowest BCUT2D eigenvalue weighted by molar-refractivity contribution is -0.386. The van der Waals surface area contributed by atoms with Crippen LogP contribution in [0.1, 0.15) is 17.8 Å². The topological polar surface area (TPSA) is 89.1 Å². The van der Waals surface area contributed by atoms with Gasteiger partial charge in [-0.05, 0) is 0 Å². The van der Waals surface area contributed by atoms with Crippen LogP contribution in [0.4, 0.5) is 14.5 Å². The minimum Gasteiger partial charge on any atom is -0.488 e. The highest BCUT2D eigenvalue weighted by molar-refractivity contribution is 5.54. The fraction of sp³-hybridized carbons (Fsp3) is 0.250. The third-order valence-corrected chi connectivity index (χ3v) is 1.70. The van der Waals surface area contributed by atoms with E-state index in [0.29, 0.717) is 6.07 Å². The van der Waals surface area contributed by atoms with Gasteiger partial charge in [0, 0.05) is 6.07 Å². The largest absolute Gasteiger partial charge is 0.488 e. The van der Waals surface area contributed by atoms with Gasteiger partial charge in [0.25, 0.3) is 6.43 Å². The number of ether oxygens (including phenoxy) is 1. The predicted molar refractivity (Wildman–Crippen MR) is 47.1 cm³/mol. The van der Waals surface area contributed by atoms with Crippen LogP contribution in [-0.4, -0.2) is 17.0 Å². The lowest BCUT2D eigenvalue weighted by Gasteiger charge is -2.05. The van der Waals surface area contributed by atoms with Crippen LogP contribution in [0.15, 0.2) is 6.07 Å². The molecular formula is C8H5F2N3O3. The van der Waals surface area contributed by atoms with E-state index in [1.54, 1.807) is 0 Å². The summed E-state index contributed by atoms with van der Waals surface area (Å²) in [5, 5.41) is 19.2.